The lowest BCUT2D eigenvalue weighted by molar-refractivity contribution is -0.121. The van der Waals surface area contributed by atoms with Crippen LogP contribution >= 0.6 is 0 Å². The molecular formula is C16H16N2O2. The Kier molecular flexibility index (Phi) is 3.65. The third kappa shape index (κ3) is 2.81. The maximum Gasteiger partial charge on any atom is 0.230 e. The van der Waals surface area contributed by atoms with Crippen LogP contribution in [0.3, 0.4) is 0 Å². The number of hydrogen-bond acceptors (Lipinski definition) is 3. The molecule has 0 spiro atoms. The number of amides is 1. The van der Waals surface area contributed by atoms with E-state index in [0.29, 0.717) is 11.4 Å². The summed E-state index contributed by atoms with van der Waals surface area (Å²) in [6, 6.07) is 17.0. The minimum atomic E-state index is 0.0351. The third-order valence-electron chi connectivity index (χ3n) is 3.27. The van der Waals surface area contributed by atoms with E-state index in [4.69, 9.17) is 4.74 Å². The van der Waals surface area contributed by atoms with Gasteiger partial charge in [0, 0.05) is 13.1 Å². The third-order valence-corrected chi connectivity index (χ3v) is 3.27. The summed E-state index contributed by atoms with van der Waals surface area (Å²) in [7, 11) is 0. The number of rotatable bonds is 4. The first kappa shape index (κ1) is 12.7. The molecule has 0 saturated carbocycles. The Morgan fingerprint density at radius 3 is 2.45 bits per heavy atom. The zero-order chi connectivity index (χ0) is 13.8. The normalized spacial score (nSPS) is 14.4. The zero-order valence-corrected chi connectivity index (χ0v) is 11.0. The predicted molar refractivity (Wildman–Crippen MR) is 77.9 cm³/mol. The number of hydrogen-bond donors (Lipinski definition) is 2. The predicted octanol–water partition coefficient (Wildman–Crippen LogP) is 2.64. The summed E-state index contributed by atoms with van der Waals surface area (Å²) in [6.45, 7) is 1.49. The Bertz CT molecular complexity index is 594. The van der Waals surface area contributed by atoms with E-state index < -0.39 is 0 Å². The van der Waals surface area contributed by atoms with Crippen molar-refractivity contribution in [1.29, 1.82) is 0 Å². The highest BCUT2D eigenvalue weighted by Crippen LogP contribution is 2.29. The first-order valence-corrected chi connectivity index (χ1v) is 6.66. The molecule has 1 fully saturated rings. The van der Waals surface area contributed by atoms with Crippen molar-refractivity contribution >= 4 is 11.6 Å². The van der Waals surface area contributed by atoms with E-state index in [-0.39, 0.29) is 11.8 Å². The van der Waals surface area contributed by atoms with Gasteiger partial charge in [0.1, 0.15) is 5.75 Å². The summed E-state index contributed by atoms with van der Waals surface area (Å²) in [4.78, 5) is 12.0. The van der Waals surface area contributed by atoms with Gasteiger partial charge in [-0.05, 0) is 24.3 Å². The van der Waals surface area contributed by atoms with Gasteiger partial charge in [-0.2, -0.15) is 0 Å². The number of anilines is 1. The number of benzene rings is 2. The second-order valence-corrected chi connectivity index (χ2v) is 4.76. The Morgan fingerprint density at radius 2 is 1.75 bits per heavy atom. The molecule has 4 nitrogen and oxygen atoms in total. The molecule has 1 amide bonds. The average Bonchev–Trinajstić information content (AvgIpc) is 2.40. The Hall–Kier alpha value is -2.33. The lowest BCUT2D eigenvalue weighted by Crippen LogP contribution is -2.48. The van der Waals surface area contributed by atoms with Crippen LogP contribution in [-0.2, 0) is 4.79 Å². The average molecular weight is 268 g/mol. The molecule has 0 aliphatic carbocycles. The van der Waals surface area contributed by atoms with Crippen molar-refractivity contribution in [2.45, 2.75) is 0 Å². The van der Waals surface area contributed by atoms with Crippen molar-refractivity contribution in [3.05, 3.63) is 54.6 Å². The van der Waals surface area contributed by atoms with Crippen molar-refractivity contribution in [3.63, 3.8) is 0 Å². The Balaban J connectivity index is 1.75. The molecule has 0 aromatic heterocycles. The molecule has 0 unspecified atom stereocenters. The second-order valence-electron chi connectivity index (χ2n) is 4.76. The van der Waals surface area contributed by atoms with Gasteiger partial charge in [0.25, 0.3) is 0 Å². The van der Waals surface area contributed by atoms with Gasteiger partial charge >= 0.3 is 0 Å². The lowest BCUT2D eigenvalue weighted by atomic mass is 10.0. The summed E-state index contributed by atoms with van der Waals surface area (Å²) >= 11 is 0. The fourth-order valence-corrected chi connectivity index (χ4v) is 1.98. The summed E-state index contributed by atoms with van der Waals surface area (Å²) in [5, 5.41) is 6.02. The van der Waals surface area contributed by atoms with E-state index in [9.17, 15) is 4.79 Å². The Morgan fingerprint density at radius 1 is 1.05 bits per heavy atom. The number of para-hydroxylation sites is 3. The quantitative estimate of drug-likeness (QED) is 0.896. The van der Waals surface area contributed by atoms with E-state index in [1.165, 1.54) is 0 Å². The first-order valence-electron chi connectivity index (χ1n) is 6.66. The van der Waals surface area contributed by atoms with Crippen LogP contribution in [0.5, 0.6) is 11.5 Å². The molecule has 20 heavy (non-hydrogen) atoms. The minimum absolute atomic E-state index is 0.0351. The van der Waals surface area contributed by atoms with Crippen LogP contribution in [0.2, 0.25) is 0 Å². The van der Waals surface area contributed by atoms with Crippen LogP contribution in [-0.4, -0.2) is 19.0 Å². The molecule has 4 heteroatoms. The van der Waals surface area contributed by atoms with Gasteiger partial charge in [-0.25, -0.2) is 0 Å². The molecular weight excluding hydrogens is 252 g/mol. The summed E-state index contributed by atoms with van der Waals surface area (Å²) in [6.07, 6.45) is 0. The van der Waals surface area contributed by atoms with Crippen LogP contribution in [0.1, 0.15) is 0 Å². The fourth-order valence-electron chi connectivity index (χ4n) is 1.98. The SMILES string of the molecule is O=C(Nc1ccccc1Oc1ccccc1)C1CNC1. The van der Waals surface area contributed by atoms with Crippen molar-refractivity contribution in [1.82, 2.24) is 5.32 Å². The summed E-state index contributed by atoms with van der Waals surface area (Å²) < 4.78 is 5.81. The van der Waals surface area contributed by atoms with E-state index in [1.807, 2.05) is 54.6 Å². The van der Waals surface area contributed by atoms with Crippen molar-refractivity contribution in [3.8, 4) is 11.5 Å². The van der Waals surface area contributed by atoms with E-state index in [0.717, 1.165) is 18.8 Å². The molecule has 2 aromatic rings. The van der Waals surface area contributed by atoms with Crippen LogP contribution in [0.25, 0.3) is 0 Å². The van der Waals surface area contributed by atoms with Crippen LogP contribution in [0.4, 0.5) is 5.69 Å². The summed E-state index contributed by atoms with van der Waals surface area (Å²) in [5.41, 5.74) is 0.702. The molecule has 2 N–H and O–H groups in total. The minimum Gasteiger partial charge on any atom is -0.455 e. The van der Waals surface area contributed by atoms with Gasteiger partial charge in [0.2, 0.25) is 5.91 Å². The monoisotopic (exact) mass is 268 g/mol. The van der Waals surface area contributed by atoms with Gasteiger partial charge in [-0.3, -0.25) is 4.79 Å². The number of carbonyl (C=O) groups excluding carboxylic acids is 1. The van der Waals surface area contributed by atoms with E-state index >= 15 is 0 Å². The maximum atomic E-state index is 12.0. The second kappa shape index (κ2) is 5.75. The van der Waals surface area contributed by atoms with Crippen molar-refractivity contribution in [2.75, 3.05) is 18.4 Å². The molecule has 3 rings (SSSR count). The Labute approximate surface area is 117 Å². The molecule has 0 atom stereocenters. The van der Waals surface area contributed by atoms with Crippen LogP contribution < -0.4 is 15.4 Å². The van der Waals surface area contributed by atoms with Gasteiger partial charge in [-0.1, -0.05) is 30.3 Å². The van der Waals surface area contributed by atoms with Gasteiger partial charge < -0.3 is 15.4 Å². The molecule has 0 bridgehead atoms. The zero-order valence-electron chi connectivity index (χ0n) is 11.0. The van der Waals surface area contributed by atoms with Crippen LogP contribution in [0, 0.1) is 5.92 Å². The molecule has 1 aliphatic rings. The lowest BCUT2D eigenvalue weighted by Gasteiger charge is -2.26. The van der Waals surface area contributed by atoms with Crippen molar-refractivity contribution < 1.29 is 9.53 Å². The van der Waals surface area contributed by atoms with Gasteiger partial charge in [0.15, 0.2) is 5.75 Å². The molecule has 1 saturated heterocycles. The maximum absolute atomic E-state index is 12.0. The van der Waals surface area contributed by atoms with E-state index in [2.05, 4.69) is 10.6 Å². The topological polar surface area (TPSA) is 50.4 Å². The van der Waals surface area contributed by atoms with Crippen LogP contribution in [0.15, 0.2) is 54.6 Å². The highest BCUT2D eigenvalue weighted by Gasteiger charge is 2.25. The molecule has 0 radical (unpaired) electrons. The van der Waals surface area contributed by atoms with Gasteiger partial charge in [0.05, 0.1) is 11.6 Å². The molecule has 1 heterocycles. The molecule has 102 valence electrons. The van der Waals surface area contributed by atoms with Gasteiger partial charge in [-0.15, -0.1) is 0 Å². The largest absolute Gasteiger partial charge is 0.455 e. The van der Waals surface area contributed by atoms with E-state index in [1.54, 1.807) is 0 Å². The fraction of sp³-hybridized carbons (Fsp3) is 0.188. The highest BCUT2D eigenvalue weighted by molar-refractivity contribution is 5.94. The first-order chi connectivity index (χ1) is 9.83. The number of carbonyl (C=O) groups is 1. The molecule has 2 aromatic carbocycles. The highest BCUT2D eigenvalue weighted by atomic mass is 16.5. The number of ether oxygens (including phenoxy) is 1. The smallest absolute Gasteiger partial charge is 0.230 e. The van der Waals surface area contributed by atoms with Crippen molar-refractivity contribution in [2.24, 2.45) is 5.92 Å². The molecule has 1 aliphatic heterocycles. The standard InChI is InChI=1S/C16H16N2O2/c19-16(12-10-17-11-12)18-14-8-4-5-9-15(14)20-13-6-2-1-3-7-13/h1-9,12,17H,10-11H2,(H,18,19). The number of nitrogens with one attached hydrogen (secondary N) is 2. The summed E-state index contributed by atoms with van der Waals surface area (Å²) in [5.74, 6) is 1.49.